The van der Waals surface area contributed by atoms with E-state index in [2.05, 4.69) is 27.4 Å². The number of rotatable bonds is 23. The normalized spacial score (nSPS) is 18.3. The van der Waals surface area contributed by atoms with Crippen LogP contribution < -0.4 is 10.6 Å². The summed E-state index contributed by atoms with van der Waals surface area (Å²) in [7, 11) is 1.95. The second-order valence-corrected chi connectivity index (χ2v) is 16.3. The molecule has 0 spiro atoms. The first-order valence-electron chi connectivity index (χ1n) is 19.9. The number of unbranched alkanes of at least 4 members (excludes halogenated alkanes) is 2. The molecule has 2 aromatic rings. The quantitative estimate of drug-likeness (QED) is 0.0779. The van der Waals surface area contributed by atoms with Crippen LogP contribution in [0.2, 0.25) is 0 Å². The molecule has 1 aromatic heterocycles. The number of carboxylic acids is 1. The van der Waals surface area contributed by atoms with Crippen molar-refractivity contribution < 1.29 is 34.1 Å². The second kappa shape index (κ2) is 22.9. The van der Waals surface area contributed by atoms with Gasteiger partial charge in [-0.05, 0) is 63.1 Å². The third-order valence-corrected chi connectivity index (χ3v) is 11.6. The molecule has 54 heavy (non-hydrogen) atoms. The topological polar surface area (TPSA) is 161 Å². The van der Waals surface area contributed by atoms with Crippen molar-refractivity contribution in [1.29, 1.82) is 0 Å². The maximum absolute atomic E-state index is 14.6. The molecule has 0 aliphatic carbocycles. The minimum absolute atomic E-state index is 0.0212. The first-order valence-corrected chi connectivity index (χ1v) is 20.7. The van der Waals surface area contributed by atoms with E-state index in [1.165, 1.54) is 0 Å². The highest BCUT2D eigenvalue weighted by atomic mass is 32.1. The molecule has 1 fully saturated rings. The van der Waals surface area contributed by atoms with Gasteiger partial charge < -0.3 is 30.5 Å². The molecular formula is C41H65N5O7S. The van der Waals surface area contributed by atoms with Crippen LogP contribution in [0.25, 0.3) is 0 Å². The molecule has 13 heteroatoms. The number of aliphatic carboxylic acids is 1. The fourth-order valence-corrected chi connectivity index (χ4v) is 7.77. The Balaban J connectivity index is 1.82. The maximum atomic E-state index is 14.6. The SMILES string of the molecule is CCCCCOCN(C(=O)C(NC(=O)C1CCCCN1C)C(C)CC)C(CC(O)c1nc(C(=O)NC(Cc2ccccc2)CC(C)C(=O)O)cs1)C(C)C. The van der Waals surface area contributed by atoms with Crippen LogP contribution in [0.3, 0.4) is 0 Å². The van der Waals surface area contributed by atoms with Crippen LogP contribution in [0, 0.1) is 17.8 Å². The van der Waals surface area contributed by atoms with E-state index in [0.29, 0.717) is 24.5 Å². The van der Waals surface area contributed by atoms with Crippen LogP contribution >= 0.6 is 11.3 Å². The Morgan fingerprint density at radius 3 is 2.39 bits per heavy atom. The van der Waals surface area contributed by atoms with E-state index < -0.39 is 42.0 Å². The summed E-state index contributed by atoms with van der Waals surface area (Å²) in [5.41, 5.74) is 1.11. The monoisotopic (exact) mass is 771 g/mol. The van der Waals surface area contributed by atoms with Crippen molar-refractivity contribution in [2.24, 2.45) is 17.8 Å². The van der Waals surface area contributed by atoms with E-state index in [9.17, 15) is 29.4 Å². The number of nitrogens with one attached hydrogen (secondary N) is 2. The fourth-order valence-electron chi connectivity index (χ4n) is 6.97. The van der Waals surface area contributed by atoms with Gasteiger partial charge >= 0.3 is 5.97 Å². The predicted octanol–water partition coefficient (Wildman–Crippen LogP) is 6.05. The Morgan fingerprint density at radius 1 is 1.04 bits per heavy atom. The number of likely N-dealkylation sites (N-methyl/N-ethyl adjacent to an activating group) is 1. The number of likely N-dealkylation sites (tertiary alicyclic amines) is 1. The zero-order chi connectivity index (χ0) is 39.8. The van der Waals surface area contributed by atoms with Gasteiger partial charge in [-0.3, -0.25) is 24.1 Å². The highest BCUT2D eigenvalue weighted by molar-refractivity contribution is 7.09. The molecule has 302 valence electrons. The van der Waals surface area contributed by atoms with Crippen LogP contribution in [-0.4, -0.2) is 99.8 Å². The highest BCUT2D eigenvalue weighted by Crippen LogP contribution is 2.29. The summed E-state index contributed by atoms with van der Waals surface area (Å²) >= 11 is 1.16. The number of ether oxygens (including phenoxy) is 1. The summed E-state index contributed by atoms with van der Waals surface area (Å²) in [5, 5.41) is 29.2. The van der Waals surface area contributed by atoms with Gasteiger partial charge in [0.15, 0.2) is 0 Å². The van der Waals surface area contributed by atoms with E-state index >= 15 is 0 Å². The fraction of sp³-hybridized carbons (Fsp3) is 0.683. The Bertz CT molecular complexity index is 1460. The first kappa shape index (κ1) is 45.0. The van der Waals surface area contributed by atoms with E-state index in [1.807, 2.05) is 65.1 Å². The molecule has 1 aliphatic rings. The largest absolute Gasteiger partial charge is 0.481 e. The van der Waals surface area contributed by atoms with Gasteiger partial charge in [-0.2, -0.15) is 0 Å². The van der Waals surface area contributed by atoms with Gasteiger partial charge in [0, 0.05) is 30.5 Å². The third kappa shape index (κ3) is 13.7. The molecule has 2 heterocycles. The molecule has 1 aliphatic heterocycles. The number of aliphatic hydroxyl groups is 1. The number of hydrogen-bond donors (Lipinski definition) is 4. The minimum atomic E-state index is -1.08. The van der Waals surface area contributed by atoms with Gasteiger partial charge in [0.25, 0.3) is 5.91 Å². The summed E-state index contributed by atoms with van der Waals surface area (Å²) in [6.07, 6.45) is 6.11. The number of amides is 3. The van der Waals surface area contributed by atoms with Crippen molar-refractivity contribution in [3.63, 3.8) is 0 Å². The summed E-state index contributed by atoms with van der Waals surface area (Å²) in [5.74, 6) is -2.65. The van der Waals surface area contributed by atoms with Gasteiger partial charge in [0.05, 0.1) is 12.0 Å². The number of carboxylic acid groups (broad SMARTS) is 1. The lowest BCUT2D eigenvalue weighted by atomic mass is 9.92. The summed E-state index contributed by atoms with van der Waals surface area (Å²) in [6, 6.07) is 7.61. The lowest BCUT2D eigenvalue weighted by Crippen LogP contribution is -2.59. The minimum Gasteiger partial charge on any atom is -0.481 e. The molecule has 4 N–H and O–H groups in total. The molecular weight excluding hydrogens is 707 g/mol. The van der Waals surface area contributed by atoms with Crippen LogP contribution in [0.4, 0.5) is 0 Å². The van der Waals surface area contributed by atoms with E-state index in [4.69, 9.17) is 4.74 Å². The Morgan fingerprint density at radius 2 is 1.76 bits per heavy atom. The smallest absolute Gasteiger partial charge is 0.306 e. The molecule has 0 saturated carbocycles. The van der Waals surface area contributed by atoms with Crippen LogP contribution in [0.1, 0.15) is 126 Å². The van der Waals surface area contributed by atoms with Crippen molar-refractivity contribution >= 4 is 35.0 Å². The van der Waals surface area contributed by atoms with Crippen LogP contribution in [0.15, 0.2) is 35.7 Å². The molecule has 7 unspecified atom stereocenters. The molecule has 7 atom stereocenters. The standard InChI is InChI=1S/C41H65N5O7S/c1-8-10-16-21-53-26-46(40(50)36(28(5)9-2)44-38(49)33-19-14-15-20-45(33)7)34(27(3)4)24-35(47)39-43-32(25-54-39)37(48)42-31(22-29(6)41(51)52)23-30-17-12-11-13-18-30/h11-13,17-18,25,27-29,31,33-36,47H,8-10,14-16,19-24,26H2,1-7H3,(H,42,48)(H,44,49)(H,51,52). The van der Waals surface area contributed by atoms with E-state index in [0.717, 1.165) is 62.0 Å². The third-order valence-electron chi connectivity index (χ3n) is 10.6. The number of nitrogens with zero attached hydrogens (tertiary/aromatic N) is 3. The van der Waals surface area contributed by atoms with E-state index in [-0.39, 0.29) is 55.0 Å². The average Bonchev–Trinajstić information content (AvgIpc) is 3.65. The van der Waals surface area contributed by atoms with Crippen LogP contribution in [-0.2, 0) is 25.5 Å². The van der Waals surface area contributed by atoms with Crippen molar-refractivity contribution in [3.8, 4) is 0 Å². The lowest BCUT2D eigenvalue weighted by Gasteiger charge is -2.39. The Hall–Kier alpha value is -3.39. The number of aromatic nitrogens is 1. The number of benzene rings is 1. The maximum Gasteiger partial charge on any atom is 0.306 e. The van der Waals surface area contributed by atoms with Gasteiger partial charge in [0.2, 0.25) is 11.8 Å². The van der Waals surface area contributed by atoms with Crippen molar-refractivity contribution in [3.05, 3.63) is 52.0 Å². The highest BCUT2D eigenvalue weighted by Gasteiger charge is 2.38. The van der Waals surface area contributed by atoms with Crippen molar-refractivity contribution in [2.75, 3.05) is 26.9 Å². The average molecular weight is 772 g/mol. The zero-order valence-electron chi connectivity index (χ0n) is 33.5. The summed E-state index contributed by atoms with van der Waals surface area (Å²) in [4.78, 5) is 61.6. The zero-order valence-corrected chi connectivity index (χ0v) is 34.3. The molecule has 1 saturated heterocycles. The molecule has 0 bridgehead atoms. The number of carbonyl (C=O) groups excluding carboxylic acids is 3. The molecule has 0 radical (unpaired) electrons. The number of hydrogen-bond acceptors (Lipinski definition) is 9. The predicted molar refractivity (Wildman–Crippen MR) is 212 cm³/mol. The number of piperidine rings is 1. The first-order chi connectivity index (χ1) is 25.8. The number of thiazole rings is 1. The summed E-state index contributed by atoms with van der Waals surface area (Å²) in [6.45, 7) is 13.0. The van der Waals surface area contributed by atoms with E-state index in [1.54, 1.807) is 17.2 Å². The van der Waals surface area contributed by atoms with Crippen molar-refractivity contribution in [1.82, 2.24) is 25.4 Å². The van der Waals surface area contributed by atoms with Gasteiger partial charge in [-0.15, -0.1) is 11.3 Å². The lowest BCUT2D eigenvalue weighted by molar-refractivity contribution is -0.149. The molecule has 12 nitrogen and oxygen atoms in total. The molecule has 1 aromatic carbocycles. The number of carbonyl (C=O) groups is 4. The second-order valence-electron chi connectivity index (χ2n) is 15.4. The Labute approximate surface area is 326 Å². The molecule has 3 amide bonds. The Kier molecular flexibility index (Phi) is 19.1. The number of aliphatic hydroxyl groups excluding tert-OH is 1. The van der Waals surface area contributed by atoms with Gasteiger partial charge in [0.1, 0.15) is 29.6 Å². The van der Waals surface area contributed by atoms with Gasteiger partial charge in [-0.25, -0.2) is 4.98 Å². The van der Waals surface area contributed by atoms with Gasteiger partial charge in [-0.1, -0.05) is 97.6 Å². The van der Waals surface area contributed by atoms with Crippen LogP contribution in [0.5, 0.6) is 0 Å². The summed E-state index contributed by atoms with van der Waals surface area (Å²) < 4.78 is 6.10. The van der Waals surface area contributed by atoms with Crippen molar-refractivity contribution in [2.45, 2.75) is 136 Å². The molecule has 3 rings (SSSR count).